The minimum absolute atomic E-state index is 0.0937. The molecule has 1 rings (SSSR count). The number of aryl methyl sites for hydroxylation is 1. The van der Waals surface area contributed by atoms with Crippen LogP contribution in [-0.4, -0.2) is 30.3 Å². The molecule has 1 aromatic heterocycles. The topological polar surface area (TPSA) is 58.3 Å². The molecule has 1 heterocycles. The fourth-order valence-electron chi connectivity index (χ4n) is 1.12. The van der Waals surface area contributed by atoms with Gasteiger partial charge < -0.3 is 14.8 Å². The van der Waals surface area contributed by atoms with Gasteiger partial charge in [-0.2, -0.15) is 0 Å². The van der Waals surface area contributed by atoms with E-state index in [2.05, 4.69) is 10.3 Å². The SMILES string of the molecule is CNCCCc1coc(CCO)n1. The highest BCUT2D eigenvalue weighted by Gasteiger charge is 2.02. The highest BCUT2D eigenvalue weighted by molar-refractivity contribution is 4.96. The monoisotopic (exact) mass is 184 g/mol. The van der Waals surface area contributed by atoms with Crippen molar-refractivity contribution < 1.29 is 9.52 Å². The van der Waals surface area contributed by atoms with Crippen molar-refractivity contribution >= 4 is 0 Å². The van der Waals surface area contributed by atoms with Crippen LogP contribution in [0, 0.1) is 0 Å². The predicted octanol–water partition coefficient (Wildman–Crippen LogP) is 0.361. The summed E-state index contributed by atoms with van der Waals surface area (Å²) in [4.78, 5) is 4.22. The highest BCUT2D eigenvalue weighted by atomic mass is 16.3. The van der Waals surface area contributed by atoms with Crippen molar-refractivity contribution in [2.75, 3.05) is 20.2 Å². The van der Waals surface area contributed by atoms with Crippen molar-refractivity contribution in [1.82, 2.24) is 10.3 Å². The number of nitrogens with zero attached hydrogens (tertiary/aromatic N) is 1. The van der Waals surface area contributed by atoms with Crippen LogP contribution in [0.4, 0.5) is 0 Å². The molecule has 0 spiro atoms. The number of aliphatic hydroxyl groups is 1. The van der Waals surface area contributed by atoms with Crippen molar-refractivity contribution in [2.24, 2.45) is 0 Å². The van der Waals surface area contributed by atoms with E-state index in [4.69, 9.17) is 9.52 Å². The van der Waals surface area contributed by atoms with E-state index in [0.717, 1.165) is 25.1 Å². The van der Waals surface area contributed by atoms with E-state index in [9.17, 15) is 0 Å². The van der Waals surface area contributed by atoms with Gasteiger partial charge in [0.2, 0.25) is 0 Å². The third kappa shape index (κ3) is 3.57. The maximum atomic E-state index is 8.63. The van der Waals surface area contributed by atoms with Crippen LogP contribution in [0.5, 0.6) is 0 Å². The van der Waals surface area contributed by atoms with E-state index >= 15 is 0 Å². The maximum absolute atomic E-state index is 8.63. The molecule has 0 atom stereocenters. The zero-order chi connectivity index (χ0) is 9.52. The van der Waals surface area contributed by atoms with Gasteiger partial charge >= 0.3 is 0 Å². The summed E-state index contributed by atoms with van der Waals surface area (Å²) >= 11 is 0. The Morgan fingerprint density at radius 2 is 2.38 bits per heavy atom. The Morgan fingerprint density at radius 3 is 3.08 bits per heavy atom. The lowest BCUT2D eigenvalue weighted by Gasteiger charge is -1.94. The summed E-state index contributed by atoms with van der Waals surface area (Å²) in [5.74, 6) is 0.627. The van der Waals surface area contributed by atoms with E-state index in [1.165, 1.54) is 0 Å². The Kier molecular flexibility index (Phi) is 4.49. The molecule has 0 bridgehead atoms. The summed E-state index contributed by atoms with van der Waals surface area (Å²) < 4.78 is 5.14. The number of hydrogen-bond donors (Lipinski definition) is 2. The summed E-state index contributed by atoms with van der Waals surface area (Å²) in [5, 5.41) is 11.7. The molecule has 0 saturated carbocycles. The molecular weight excluding hydrogens is 168 g/mol. The molecule has 1 aromatic rings. The number of aromatic nitrogens is 1. The minimum atomic E-state index is 0.0937. The fraction of sp³-hybridized carbons (Fsp3) is 0.667. The van der Waals surface area contributed by atoms with Gasteiger partial charge in [-0.25, -0.2) is 4.98 Å². The Hall–Kier alpha value is -0.870. The Bertz CT molecular complexity index is 235. The van der Waals surface area contributed by atoms with Gasteiger partial charge in [-0.3, -0.25) is 0 Å². The van der Waals surface area contributed by atoms with Gasteiger partial charge in [0.25, 0.3) is 0 Å². The number of aliphatic hydroxyl groups excluding tert-OH is 1. The second-order valence-corrected chi connectivity index (χ2v) is 2.91. The van der Waals surface area contributed by atoms with Crippen LogP contribution in [0.3, 0.4) is 0 Å². The molecule has 0 saturated heterocycles. The molecule has 0 amide bonds. The lowest BCUT2D eigenvalue weighted by atomic mass is 10.2. The van der Waals surface area contributed by atoms with E-state index < -0.39 is 0 Å². The summed E-state index contributed by atoms with van der Waals surface area (Å²) in [6, 6.07) is 0. The number of oxazole rings is 1. The predicted molar refractivity (Wildman–Crippen MR) is 49.5 cm³/mol. The molecule has 0 aliphatic heterocycles. The van der Waals surface area contributed by atoms with Gasteiger partial charge in [0.05, 0.1) is 12.3 Å². The lowest BCUT2D eigenvalue weighted by molar-refractivity contribution is 0.285. The van der Waals surface area contributed by atoms with Crippen LogP contribution in [0.2, 0.25) is 0 Å². The van der Waals surface area contributed by atoms with Crippen LogP contribution in [0.1, 0.15) is 18.0 Å². The first-order valence-electron chi connectivity index (χ1n) is 4.55. The second kappa shape index (κ2) is 5.72. The van der Waals surface area contributed by atoms with Crippen molar-refractivity contribution in [3.63, 3.8) is 0 Å². The Balaban J connectivity index is 2.31. The number of hydrogen-bond acceptors (Lipinski definition) is 4. The zero-order valence-electron chi connectivity index (χ0n) is 7.92. The summed E-state index contributed by atoms with van der Waals surface area (Å²) in [6.45, 7) is 1.08. The molecule has 13 heavy (non-hydrogen) atoms. The smallest absolute Gasteiger partial charge is 0.196 e. The first-order chi connectivity index (χ1) is 6.36. The van der Waals surface area contributed by atoms with Gasteiger partial charge in [0.1, 0.15) is 6.26 Å². The van der Waals surface area contributed by atoms with Crippen LogP contribution in [-0.2, 0) is 12.8 Å². The zero-order valence-corrected chi connectivity index (χ0v) is 7.92. The third-order valence-corrected chi connectivity index (χ3v) is 1.78. The van der Waals surface area contributed by atoms with Crippen LogP contribution in [0.15, 0.2) is 10.7 Å². The van der Waals surface area contributed by atoms with Crippen LogP contribution in [0.25, 0.3) is 0 Å². The Labute approximate surface area is 78.0 Å². The van der Waals surface area contributed by atoms with Crippen molar-refractivity contribution in [1.29, 1.82) is 0 Å². The molecule has 2 N–H and O–H groups in total. The van der Waals surface area contributed by atoms with E-state index in [0.29, 0.717) is 12.3 Å². The van der Waals surface area contributed by atoms with Crippen molar-refractivity contribution in [3.8, 4) is 0 Å². The molecule has 0 aliphatic rings. The molecule has 0 radical (unpaired) electrons. The summed E-state index contributed by atoms with van der Waals surface area (Å²) in [5.41, 5.74) is 0.971. The average Bonchev–Trinajstić information content (AvgIpc) is 2.54. The fourth-order valence-corrected chi connectivity index (χ4v) is 1.12. The highest BCUT2D eigenvalue weighted by Crippen LogP contribution is 2.04. The first-order valence-corrected chi connectivity index (χ1v) is 4.55. The van der Waals surface area contributed by atoms with Crippen LogP contribution < -0.4 is 5.32 Å². The quantitative estimate of drug-likeness (QED) is 0.627. The summed E-state index contributed by atoms with van der Waals surface area (Å²) in [6.07, 6.45) is 4.16. The second-order valence-electron chi connectivity index (χ2n) is 2.91. The first kappa shape index (κ1) is 10.2. The Morgan fingerprint density at radius 1 is 1.54 bits per heavy atom. The molecule has 0 fully saturated rings. The van der Waals surface area contributed by atoms with Gasteiger partial charge in [0.15, 0.2) is 5.89 Å². The molecule has 0 unspecified atom stereocenters. The van der Waals surface area contributed by atoms with E-state index in [1.807, 2.05) is 7.05 Å². The average molecular weight is 184 g/mol. The molecule has 0 aromatic carbocycles. The maximum Gasteiger partial charge on any atom is 0.196 e. The lowest BCUT2D eigenvalue weighted by Crippen LogP contribution is -2.08. The van der Waals surface area contributed by atoms with E-state index in [-0.39, 0.29) is 6.61 Å². The molecular formula is C9H16N2O2. The normalized spacial score (nSPS) is 10.6. The molecule has 4 nitrogen and oxygen atoms in total. The standard InChI is InChI=1S/C9H16N2O2/c1-10-5-2-3-8-7-13-9(11-8)4-6-12/h7,10,12H,2-6H2,1H3. The van der Waals surface area contributed by atoms with Gasteiger partial charge in [-0.15, -0.1) is 0 Å². The number of rotatable bonds is 6. The molecule has 0 aliphatic carbocycles. The van der Waals surface area contributed by atoms with Gasteiger partial charge in [0, 0.05) is 6.42 Å². The van der Waals surface area contributed by atoms with Crippen LogP contribution >= 0.6 is 0 Å². The molecule has 4 heteroatoms. The van der Waals surface area contributed by atoms with Gasteiger partial charge in [-0.05, 0) is 26.4 Å². The summed E-state index contributed by atoms with van der Waals surface area (Å²) in [7, 11) is 1.93. The van der Waals surface area contributed by atoms with Gasteiger partial charge in [-0.1, -0.05) is 0 Å². The minimum Gasteiger partial charge on any atom is -0.449 e. The largest absolute Gasteiger partial charge is 0.449 e. The number of nitrogens with one attached hydrogen (secondary N) is 1. The molecule has 74 valence electrons. The van der Waals surface area contributed by atoms with E-state index in [1.54, 1.807) is 6.26 Å². The van der Waals surface area contributed by atoms with Crippen molar-refractivity contribution in [3.05, 3.63) is 17.8 Å². The van der Waals surface area contributed by atoms with Crippen molar-refractivity contribution in [2.45, 2.75) is 19.3 Å². The third-order valence-electron chi connectivity index (χ3n) is 1.78.